The maximum Gasteiger partial charge on any atom is -0.0171 e. The zero-order chi connectivity index (χ0) is 15.1. The molecule has 0 spiro atoms. The summed E-state index contributed by atoms with van der Waals surface area (Å²) in [4.78, 5) is 0. The molecule has 0 unspecified atom stereocenters. The molecule has 0 N–H and O–H groups in total. The van der Waals surface area contributed by atoms with Crippen molar-refractivity contribution in [3.63, 3.8) is 0 Å². The van der Waals surface area contributed by atoms with E-state index in [4.69, 9.17) is 0 Å². The average molecular weight is 272 g/mol. The molecule has 2 aliphatic carbocycles. The van der Waals surface area contributed by atoms with Gasteiger partial charge < -0.3 is 0 Å². The average Bonchev–Trinajstić information content (AvgIpc) is 2.40. The molecule has 2 rings (SSSR count). The van der Waals surface area contributed by atoms with E-state index in [-0.39, 0.29) is 0 Å². The molecule has 112 valence electrons. The third kappa shape index (κ3) is 5.94. The first-order valence-corrected chi connectivity index (χ1v) is 8.02. The fraction of sp³-hybridized carbons (Fsp3) is 0.600. The number of hydrogen-bond acceptors (Lipinski definition) is 0. The van der Waals surface area contributed by atoms with Gasteiger partial charge in [-0.25, -0.2) is 0 Å². The Hall–Kier alpha value is -1.04. The summed E-state index contributed by atoms with van der Waals surface area (Å²) in [5.74, 6) is 1.53. The van der Waals surface area contributed by atoms with Gasteiger partial charge in [-0.05, 0) is 78.1 Å². The number of rotatable bonds is 2. The molecule has 0 fully saturated rings. The van der Waals surface area contributed by atoms with Gasteiger partial charge in [0.05, 0.1) is 0 Å². The van der Waals surface area contributed by atoms with Gasteiger partial charge in [0.15, 0.2) is 0 Å². The first-order chi connectivity index (χ1) is 9.40. The molecular weight excluding hydrogens is 240 g/mol. The van der Waals surface area contributed by atoms with Crippen LogP contribution in [0.5, 0.6) is 0 Å². The Morgan fingerprint density at radius 3 is 1.40 bits per heavy atom. The Kier molecular flexibility index (Phi) is 7.05. The van der Waals surface area contributed by atoms with Crippen molar-refractivity contribution in [3.05, 3.63) is 47.6 Å². The first-order valence-electron chi connectivity index (χ1n) is 8.02. The molecule has 20 heavy (non-hydrogen) atoms. The Labute approximate surface area is 126 Å². The van der Waals surface area contributed by atoms with Crippen molar-refractivity contribution < 1.29 is 0 Å². The molecule has 0 saturated carbocycles. The molecular formula is C20H32. The maximum atomic E-state index is 3.97. The quantitative estimate of drug-likeness (QED) is 0.496. The SMILES string of the molecule is C=C(C)[C@@H]1CC=C(C)CC1.C=C(C)[C@H]1CC=C(C)CC1. The lowest BCUT2D eigenvalue weighted by molar-refractivity contribution is 0.540. The van der Waals surface area contributed by atoms with E-state index in [2.05, 4.69) is 53.0 Å². The molecule has 0 amide bonds. The number of allylic oxidation sites excluding steroid dienone is 6. The lowest BCUT2D eigenvalue weighted by Gasteiger charge is -2.19. The summed E-state index contributed by atoms with van der Waals surface area (Å²) in [6, 6.07) is 0. The molecule has 0 aromatic rings. The molecule has 2 atom stereocenters. The smallest absolute Gasteiger partial charge is 0.0171 e. The largest absolute Gasteiger partial charge is 0.0998 e. The molecule has 0 heteroatoms. The van der Waals surface area contributed by atoms with E-state index in [0.29, 0.717) is 0 Å². The van der Waals surface area contributed by atoms with Gasteiger partial charge in [-0.3, -0.25) is 0 Å². The van der Waals surface area contributed by atoms with Crippen LogP contribution >= 0.6 is 0 Å². The molecule has 0 bridgehead atoms. The van der Waals surface area contributed by atoms with E-state index in [0.717, 1.165) is 11.8 Å². The third-order valence-electron chi connectivity index (χ3n) is 4.67. The molecule has 2 aliphatic rings. The van der Waals surface area contributed by atoms with E-state index in [1.807, 2.05) is 0 Å². The minimum absolute atomic E-state index is 0.767. The highest BCUT2D eigenvalue weighted by Crippen LogP contribution is 2.28. The second-order valence-corrected chi connectivity index (χ2v) is 6.74. The van der Waals surface area contributed by atoms with Crippen LogP contribution in [0.2, 0.25) is 0 Å². The molecule has 0 aliphatic heterocycles. The van der Waals surface area contributed by atoms with Crippen molar-refractivity contribution in [2.75, 3.05) is 0 Å². The highest BCUT2D eigenvalue weighted by Gasteiger charge is 2.12. The van der Waals surface area contributed by atoms with Crippen molar-refractivity contribution in [2.24, 2.45) is 11.8 Å². The van der Waals surface area contributed by atoms with Crippen LogP contribution in [0.3, 0.4) is 0 Å². The zero-order valence-corrected chi connectivity index (χ0v) is 14.0. The lowest BCUT2D eigenvalue weighted by atomic mass is 9.86. The minimum atomic E-state index is 0.767. The molecule has 0 heterocycles. The van der Waals surface area contributed by atoms with Gasteiger partial charge in [-0.2, -0.15) is 0 Å². The summed E-state index contributed by atoms with van der Waals surface area (Å²) < 4.78 is 0. The second-order valence-electron chi connectivity index (χ2n) is 6.74. The van der Waals surface area contributed by atoms with Gasteiger partial charge in [-0.1, -0.05) is 47.6 Å². The van der Waals surface area contributed by atoms with E-state index >= 15 is 0 Å². The highest BCUT2D eigenvalue weighted by molar-refractivity contribution is 5.10. The van der Waals surface area contributed by atoms with Crippen LogP contribution in [-0.2, 0) is 0 Å². The summed E-state index contributed by atoms with van der Waals surface area (Å²) in [6.07, 6.45) is 12.3. The summed E-state index contributed by atoms with van der Waals surface area (Å²) >= 11 is 0. The van der Waals surface area contributed by atoms with Crippen LogP contribution in [0.1, 0.15) is 66.2 Å². The molecule has 0 saturated heterocycles. The van der Waals surface area contributed by atoms with Crippen LogP contribution in [0.25, 0.3) is 0 Å². The van der Waals surface area contributed by atoms with E-state index < -0.39 is 0 Å². The van der Waals surface area contributed by atoms with Crippen molar-refractivity contribution in [1.29, 1.82) is 0 Å². The Morgan fingerprint density at radius 1 is 0.850 bits per heavy atom. The summed E-state index contributed by atoms with van der Waals surface area (Å²) in [6.45, 7) is 16.7. The molecule has 0 aromatic carbocycles. The van der Waals surface area contributed by atoms with Crippen molar-refractivity contribution in [3.8, 4) is 0 Å². The van der Waals surface area contributed by atoms with Crippen LogP contribution in [0.4, 0.5) is 0 Å². The standard InChI is InChI=1S/2C10H16/c2*1-8(2)10-6-4-9(3)5-7-10/h2*4,10H,1,5-7H2,2-3H3/t2*10-/m10/s1. The topological polar surface area (TPSA) is 0 Å². The zero-order valence-electron chi connectivity index (χ0n) is 14.0. The van der Waals surface area contributed by atoms with Gasteiger partial charge in [0.2, 0.25) is 0 Å². The summed E-state index contributed by atoms with van der Waals surface area (Å²) in [7, 11) is 0. The van der Waals surface area contributed by atoms with E-state index in [1.165, 1.54) is 49.7 Å². The summed E-state index contributed by atoms with van der Waals surface area (Å²) in [5.41, 5.74) is 5.81. The Bertz CT molecular complexity index is 366. The van der Waals surface area contributed by atoms with Crippen molar-refractivity contribution in [2.45, 2.75) is 66.2 Å². The third-order valence-corrected chi connectivity index (χ3v) is 4.67. The van der Waals surface area contributed by atoms with Crippen LogP contribution in [-0.4, -0.2) is 0 Å². The normalized spacial score (nSPS) is 25.8. The second kappa shape index (κ2) is 8.29. The van der Waals surface area contributed by atoms with Crippen LogP contribution in [0, 0.1) is 11.8 Å². The first kappa shape index (κ1) is 17.0. The molecule has 0 radical (unpaired) electrons. The summed E-state index contributed by atoms with van der Waals surface area (Å²) in [5, 5.41) is 0. The fourth-order valence-corrected chi connectivity index (χ4v) is 2.83. The minimum Gasteiger partial charge on any atom is -0.0998 e. The Morgan fingerprint density at radius 2 is 1.20 bits per heavy atom. The predicted molar refractivity (Wildman–Crippen MR) is 91.8 cm³/mol. The van der Waals surface area contributed by atoms with Gasteiger partial charge in [0.1, 0.15) is 0 Å². The molecule has 0 aromatic heterocycles. The van der Waals surface area contributed by atoms with Crippen molar-refractivity contribution >= 4 is 0 Å². The van der Waals surface area contributed by atoms with Crippen molar-refractivity contribution in [1.82, 2.24) is 0 Å². The lowest BCUT2D eigenvalue weighted by Crippen LogP contribution is -2.04. The maximum absolute atomic E-state index is 3.97. The monoisotopic (exact) mass is 272 g/mol. The Balaban J connectivity index is 0.000000200. The highest BCUT2D eigenvalue weighted by atomic mass is 14.2. The fourth-order valence-electron chi connectivity index (χ4n) is 2.83. The van der Waals surface area contributed by atoms with Crippen LogP contribution in [0.15, 0.2) is 47.6 Å². The van der Waals surface area contributed by atoms with Gasteiger partial charge in [-0.15, -0.1) is 0 Å². The predicted octanol–water partition coefficient (Wildman–Crippen LogP) is 6.62. The van der Waals surface area contributed by atoms with E-state index in [1.54, 1.807) is 11.1 Å². The van der Waals surface area contributed by atoms with Gasteiger partial charge in [0, 0.05) is 0 Å². The van der Waals surface area contributed by atoms with Gasteiger partial charge >= 0.3 is 0 Å². The van der Waals surface area contributed by atoms with E-state index in [9.17, 15) is 0 Å². The van der Waals surface area contributed by atoms with Gasteiger partial charge in [0.25, 0.3) is 0 Å². The number of hydrogen-bond donors (Lipinski definition) is 0. The van der Waals surface area contributed by atoms with Crippen LogP contribution < -0.4 is 0 Å². The molecule has 0 nitrogen and oxygen atoms in total.